The average Bonchev–Trinajstić information content (AvgIpc) is 2.65. The zero-order chi connectivity index (χ0) is 19.0. The number of benzene rings is 1. The Morgan fingerprint density at radius 2 is 1.81 bits per heavy atom. The number of nitrogens with zero attached hydrogens (tertiary/aromatic N) is 2. The van der Waals surface area contributed by atoms with Crippen LogP contribution in [0.2, 0.25) is 0 Å². The van der Waals surface area contributed by atoms with Gasteiger partial charge >= 0.3 is 0 Å². The molecule has 0 radical (unpaired) electrons. The van der Waals surface area contributed by atoms with Gasteiger partial charge in [0.1, 0.15) is 0 Å². The van der Waals surface area contributed by atoms with Crippen molar-refractivity contribution in [2.24, 2.45) is 22.1 Å². The summed E-state index contributed by atoms with van der Waals surface area (Å²) in [6.07, 6.45) is 6.76. The lowest BCUT2D eigenvalue weighted by molar-refractivity contribution is 0.356. The van der Waals surface area contributed by atoms with Crippen molar-refractivity contribution < 1.29 is 0 Å². The molecule has 1 fully saturated rings. The van der Waals surface area contributed by atoms with Crippen LogP contribution in [0.3, 0.4) is 0 Å². The van der Waals surface area contributed by atoms with Crippen molar-refractivity contribution in [3.8, 4) is 0 Å². The Balaban J connectivity index is 2.02. The second kappa shape index (κ2) is 9.81. The van der Waals surface area contributed by atoms with Crippen LogP contribution in [0.4, 0.5) is 11.4 Å². The number of anilines is 2. The van der Waals surface area contributed by atoms with E-state index in [9.17, 15) is 0 Å². The molecule has 0 heterocycles. The Bertz CT molecular complexity index is 556. The van der Waals surface area contributed by atoms with Crippen LogP contribution in [0.1, 0.15) is 46.0 Å². The molecule has 26 heavy (non-hydrogen) atoms. The quantitative estimate of drug-likeness (QED) is 0.513. The Hall–Kier alpha value is -1.75. The van der Waals surface area contributed by atoms with Gasteiger partial charge in [-0.25, -0.2) is 0 Å². The van der Waals surface area contributed by atoms with Crippen LogP contribution in [0.25, 0.3) is 0 Å². The molecular formula is C21H37N5. The summed E-state index contributed by atoms with van der Waals surface area (Å²) in [6.45, 7) is 6.64. The number of rotatable bonds is 7. The third-order valence-electron chi connectivity index (χ3n) is 5.15. The van der Waals surface area contributed by atoms with Crippen LogP contribution < -0.4 is 21.3 Å². The molecule has 4 N–H and O–H groups in total. The topological polar surface area (TPSA) is 65.7 Å². The van der Waals surface area contributed by atoms with Crippen LogP contribution in [0.15, 0.2) is 29.3 Å². The molecule has 5 nitrogen and oxygen atoms in total. The van der Waals surface area contributed by atoms with Crippen LogP contribution in [0.5, 0.6) is 0 Å². The molecule has 1 saturated carbocycles. The molecule has 1 aliphatic rings. The highest BCUT2D eigenvalue weighted by Crippen LogP contribution is 2.23. The van der Waals surface area contributed by atoms with Gasteiger partial charge in [0.2, 0.25) is 0 Å². The number of nitrogens with one attached hydrogen (secondary N) is 2. The van der Waals surface area contributed by atoms with Gasteiger partial charge in [0.15, 0.2) is 5.96 Å². The van der Waals surface area contributed by atoms with Gasteiger partial charge < -0.3 is 21.3 Å². The van der Waals surface area contributed by atoms with Gasteiger partial charge in [-0.2, -0.15) is 0 Å². The van der Waals surface area contributed by atoms with Crippen molar-refractivity contribution in [2.75, 3.05) is 43.9 Å². The molecule has 0 aliphatic heterocycles. The Morgan fingerprint density at radius 3 is 2.38 bits per heavy atom. The minimum Gasteiger partial charge on any atom is -0.378 e. The zero-order valence-electron chi connectivity index (χ0n) is 17.0. The zero-order valence-corrected chi connectivity index (χ0v) is 17.0. The van der Waals surface area contributed by atoms with Crippen molar-refractivity contribution in [3.63, 3.8) is 0 Å². The highest BCUT2D eigenvalue weighted by atomic mass is 15.2. The van der Waals surface area contributed by atoms with Gasteiger partial charge in [-0.3, -0.25) is 4.99 Å². The van der Waals surface area contributed by atoms with E-state index in [-0.39, 0.29) is 5.41 Å². The highest BCUT2D eigenvalue weighted by molar-refractivity contribution is 5.93. The molecule has 1 aliphatic carbocycles. The second-order valence-electron chi connectivity index (χ2n) is 8.48. The largest absolute Gasteiger partial charge is 0.378 e. The number of guanidine groups is 1. The van der Waals surface area contributed by atoms with Crippen LogP contribution in [-0.2, 0) is 0 Å². The molecular weight excluding hydrogens is 322 g/mol. The molecule has 5 heteroatoms. The Kier molecular flexibility index (Phi) is 7.76. The second-order valence-corrected chi connectivity index (χ2v) is 8.48. The van der Waals surface area contributed by atoms with E-state index in [2.05, 4.69) is 67.7 Å². The third-order valence-corrected chi connectivity index (χ3v) is 5.15. The van der Waals surface area contributed by atoms with E-state index >= 15 is 0 Å². The van der Waals surface area contributed by atoms with Crippen LogP contribution >= 0.6 is 0 Å². The van der Waals surface area contributed by atoms with Crippen molar-refractivity contribution in [1.29, 1.82) is 0 Å². The predicted molar refractivity (Wildman–Crippen MR) is 114 cm³/mol. The predicted octanol–water partition coefficient (Wildman–Crippen LogP) is 3.68. The van der Waals surface area contributed by atoms with E-state index < -0.39 is 0 Å². The lowest BCUT2D eigenvalue weighted by atomic mass is 9.89. The summed E-state index contributed by atoms with van der Waals surface area (Å²) in [5.41, 5.74) is 8.11. The van der Waals surface area contributed by atoms with Gasteiger partial charge in [0, 0.05) is 38.6 Å². The summed E-state index contributed by atoms with van der Waals surface area (Å²) in [7, 11) is 4.10. The highest BCUT2D eigenvalue weighted by Gasteiger charge is 2.17. The number of hydrogen-bond donors (Lipinski definition) is 3. The minimum absolute atomic E-state index is 0.00816. The molecule has 0 amide bonds. The maximum atomic E-state index is 5.87. The first-order valence-electron chi connectivity index (χ1n) is 9.92. The first kappa shape index (κ1) is 20.6. The van der Waals surface area contributed by atoms with E-state index in [1.54, 1.807) is 0 Å². The normalized spacial score (nSPS) is 16.4. The van der Waals surface area contributed by atoms with E-state index in [0.717, 1.165) is 24.1 Å². The van der Waals surface area contributed by atoms with Crippen LogP contribution in [-0.4, -0.2) is 39.7 Å². The molecule has 0 spiro atoms. The molecule has 2 rings (SSSR count). The third kappa shape index (κ3) is 6.87. The molecule has 1 aromatic rings. The Labute approximate surface area is 159 Å². The fourth-order valence-electron chi connectivity index (χ4n) is 3.11. The van der Waals surface area contributed by atoms with Gasteiger partial charge in [0.05, 0.1) is 0 Å². The minimum atomic E-state index is 0.00816. The molecule has 0 bridgehead atoms. The molecule has 0 aromatic heterocycles. The first-order valence-corrected chi connectivity index (χ1v) is 9.92. The standard InChI is InChI=1S/C21H37N5/c1-21(2,15-22)16-24-20(23-14-17-8-6-5-7-9-17)25-18-10-12-19(13-11-18)26(3)4/h10-13,17H,5-9,14-16,22H2,1-4H3,(H2,23,24,25). The van der Waals surface area contributed by atoms with Gasteiger partial charge in [0.25, 0.3) is 0 Å². The smallest absolute Gasteiger partial charge is 0.195 e. The average molecular weight is 360 g/mol. The van der Waals surface area contributed by atoms with E-state index in [1.807, 2.05) is 0 Å². The number of aliphatic imine (C=N–C) groups is 1. The lowest BCUT2D eigenvalue weighted by Gasteiger charge is -2.24. The van der Waals surface area contributed by atoms with Crippen molar-refractivity contribution in [3.05, 3.63) is 24.3 Å². The lowest BCUT2D eigenvalue weighted by Crippen LogP contribution is -2.37. The summed E-state index contributed by atoms with van der Waals surface area (Å²) >= 11 is 0. The van der Waals surface area contributed by atoms with Crippen molar-refractivity contribution in [2.45, 2.75) is 46.0 Å². The van der Waals surface area contributed by atoms with Gasteiger partial charge in [-0.05, 0) is 55.0 Å². The summed E-state index contributed by atoms with van der Waals surface area (Å²) in [4.78, 5) is 6.91. The van der Waals surface area contributed by atoms with E-state index in [0.29, 0.717) is 13.1 Å². The molecule has 0 atom stereocenters. The molecule has 0 unspecified atom stereocenters. The van der Waals surface area contributed by atoms with Crippen LogP contribution in [0, 0.1) is 11.3 Å². The first-order chi connectivity index (χ1) is 12.4. The summed E-state index contributed by atoms with van der Waals surface area (Å²) < 4.78 is 0. The van der Waals surface area contributed by atoms with Crippen molar-refractivity contribution in [1.82, 2.24) is 5.32 Å². The van der Waals surface area contributed by atoms with E-state index in [4.69, 9.17) is 10.7 Å². The molecule has 1 aromatic carbocycles. The monoisotopic (exact) mass is 359 g/mol. The molecule has 146 valence electrons. The van der Waals surface area contributed by atoms with Gasteiger partial charge in [-0.1, -0.05) is 33.1 Å². The summed E-state index contributed by atoms with van der Waals surface area (Å²) in [5, 5.41) is 7.02. The SMILES string of the molecule is CN(C)c1ccc(NC(=NCC(C)(C)CN)NCC2CCCCC2)cc1. The maximum Gasteiger partial charge on any atom is 0.195 e. The number of nitrogens with two attached hydrogens (primary N) is 1. The fourth-order valence-corrected chi connectivity index (χ4v) is 3.11. The Morgan fingerprint density at radius 1 is 1.15 bits per heavy atom. The summed E-state index contributed by atoms with van der Waals surface area (Å²) in [5.74, 6) is 1.61. The van der Waals surface area contributed by atoms with Gasteiger partial charge in [-0.15, -0.1) is 0 Å². The molecule has 0 saturated heterocycles. The van der Waals surface area contributed by atoms with Crippen molar-refractivity contribution >= 4 is 17.3 Å². The summed E-state index contributed by atoms with van der Waals surface area (Å²) in [6, 6.07) is 8.43. The fraction of sp³-hybridized carbons (Fsp3) is 0.667. The number of hydrogen-bond acceptors (Lipinski definition) is 3. The maximum absolute atomic E-state index is 5.87. The van der Waals surface area contributed by atoms with E-state index in [1.165, 1.54) is 37.8 Å².